The quantitative estimate of drug-likeness (QED) is 0.274. The van der Waals surface area contributed by atoms with E-state index in [4.69, 9.17) is 10.5 Å². The highest BCUT2D eigenvalue weighted by atomic mass is 15.0. The fraction of sp³-hybridized carbons (Fsp3) is 0.0625. The molecule has 2 aromatic heterocycles. The van der Waals surface area contributed by atoms with Crippen LogP contribution in [0.4, 0.5) is 0 Å². The molecule has 4 aromatic carbocycles. The Morgan fingerprint density at radius 2 is 0.917 bits per heavy atom. The second kappa shape index (κ2) is 8.95. The molecule has 4 nitrogen and oxygen atoms in total. The molecule has 6 aromatic rings. The van der Waals surface area contributed by atoms with E-state index in [0.717, 1.165) is 13.1 Å². The van der Waals surface area contributed by atoms with E-state index in [1.165, 1.54) is 44.1 Å². The third-order valence-electron chi connectivity index (χ3n) is 6.75. The van der Waals surface area contributed by atoms with E-state index in [9.17, 15) is 0 Å². The lowest BCUT2D eigenvalue weighted by Gasteiger charge is -2.10. The van der Waals surface area contributed by atoms with Crippen molar-refractivity contribution in [2.24, 2.45) is 0 Å². The molecular formula is C32H22N4. The van der Waals surface area contributed by atoms with E-state index in [1.54, 1.807) is 0 Å². The Morgan fingerprint density at radius 3 is 1.31 bits per heavy atom. The van der Waals surface area contributed by atoms with Crippen molar-refractivity contribution < 1.29 is 0 Å². The molecule has 0 radical (unpaired) electrons. The van der Waals surface area contributed by atoms with Crippen molar-refractivity contribution in [2.45, 2.75) is 13.1 Å². The van der Waals surface area contributed by atoms with Gasteiger partial charge in [0.15, 0.2) is 0 Å². The molecule has 0 N–H and O–H groups in total. The van der Waals surface area contributed by atoms with E-state index in [2.05, 4.69) is 82.2 Å². The first-order chi connectivity index (χ1) is 17.7. The number of hydrogen-bond acceptors (Lipinski definition) is 2. The molecule has 0 fully saturated rings. The van der Waals surface area contributed by atoms with Gasteiger partial charge >= 0.3 is 0 Å². The first-order valence-corrected chi connectivity index (χ1v) is 11.9. The summed E-state index contributed by atoms with van der Waals surface area (Å²) >= 11 is 0. The number of rotatable bonds is 5. The van der Waals surface area contributed by atoms with Gasteiger partial charge in [-0.1, -0.05) is 48.5 Å². The van der Waals surface area contributed by atoms with Crippen LogP contribution in [0, 0.1) is 22.7 Å². The summed E-state index contributed by atoms with van der Waals surface area (Å²) in [6.07, 6.45) is 4.25. The molecule has 0 aliphatic heterocycles. The largest absolute Gasteiger partial charge is 0.343 e. The molecule has 36 heavy (non-hydrogen) atoms. The lowest BCUT2D eigenvalue weighted by atomic mass is 10.0. The Morgan fingerprint density at radius 1 is 0.500 bits per heavy atom. The normalized spacial score (nSPS) is 10.9. The molecule has 170 valence electrons. The highest BCUT2D eigenvalue weighted by molar-refractivity contribution is 5.89. The second-order valence-corrected chi connectivity index (χ2v) is 9.05. The predicted octanol–water partition coefficient (Wildman–Crippen LogP) is 7.10. The van der Waals surface area contributed by atoms with E-state index in [-0.39, 0.29) is 0 Å². The van der Waals surface area contributed by atoms with Crippen molar-refractivity contribution in [1.29, 1.82) is 10.5 Å². The summed E-state index contributed by atoms with van der Waals surface area (Å²) in [4.78, 5) is 0. The zero-order valence-electron chi connectivity index (χ0n) is 19.6. The van der Waals surface area contributed by atoms with Crippen molar-refractivity contribution in [3.8, 4) is 23.3 Å². The van der Waals surface area contributed by atoms with Crippen LogP contribution >= 0.6 is 0 Å². The summed E-state index contributed by atoms with van der Waals surface area (Å²) in [5, 5.41) is 20.5. The van der Waals surface area contributed by atoms with Crippen LogP contribution in [0.3, 0.4) is 0 Å². The molecule has 0 aliphatic rings. The molecule has 6 rings (SSSR count). The van der Waals surface area contributed by atoms with Crippen molar-refractivity contribution in [3.63, 3.8) is 0 Å². The van der Waals surface area contributed by atoms with Crippen LogP contribution in [0.1, 0.15) is 22.3 Å². The van der Waals surface area contributed by atoms with Crippen LogP contribution in [0.2, 0.25) is 0 Å². The van der Waals surface area contributed by atoms with Gasteiger partial charge in [-0.05, 0) is 81.6 Å². The summed E-state index contributed by atoms with van der Waals surface area (Å²) in [6.45, 7) is 1.51. The number of benzene rings is 4. The maximum absolute atomic E-state index is 9.06. The van der Waals surface area contributed by atoms with Crippen molar-refractivity contribution in [3.05, 3.63) is 132 Å². The number of nitriles is 2. The third kappa shape index (κ3) is 4.02. The van der Waals surface area contributed by atoms with Crippen LogP contribution in [0.25, 0.3) is 32.9 Å². The standard InChI is InChI=1S/C32H22N4/c33-19-23-1-5-25(6-2-23)21-35-15-13-27-9-11-29(17-31(27)35)30-12-10-28-14-16-36(32(28)18-30)22-26-7-3-24(20-34)4-8-26/h1-18H,21-22H2. The van der Waals surface area contributed by atoms with E-state index >= 15 is 0 Å². The fourth-order valence-corrected chi connectivity index (χ4v) is 4.77. The highest BCUT2D eigenvalue weighted by Crippen LogP contribution is 2.29. The Bertz CT molecular complexity index is 1650. The SMILES string of the molecule is N#Cc1ccc(Cn2ccc3ccc(-c4ccc5ccn(Cc6ccc(C#N)cc6)c5c4)cc32)cc1. The van der Waals surface area contributed by atoms with Gasteiger partial charge in [0.1, 0.15) is 0 Å². The summed E-state index contributed by atoms with van der Waals surface area (Å²) < 4.78 is 4.51. The molecule has 0 unspecified atom stereocenters. The molecule has 0 saturated heterocycles. The van der Waals surface area contributed by atoms with Gasteiger partial charge in [-0.3, -0.25) is 0 Å². The minimum absolute atomic E-state index is 0.678. The molecule has 0 amide bonds. The minimum Gasteiger partial charge on any atom is -0.343 e. The van der Waals surface area contributed by atoms with Gasteiger partial charge < -0.3 is 9.13 Å². The molecule has 0 spiro atoms. The monoisotopic (exact) mass is 462 g/mol. The van der Waals surface area contributed by atoms with E-state index in [1.807, 2.05) is 48.5 Å². The van der Waals surface area contributed by atoms with E-state index < -0.39 is 0 Å². The number of aromatic nitrogens is 2. The zero-order valence-corrected chi connectivity index (χ0v) is 19.6. The Kier molecular flexibility index (Phi) is 5.34. The Labute approximate surface area is 209 Å². The lowest BCUT2D eigenvalue weighted by molar-refractivity contribution is 0.836. The van der Waals surface area contributed by atoms with Crippen LogP contribution in [-0.2, 0) is 13.1 Å². The smallest absolute Gasteiger partial charge is 0.0991 e. The Balaban J connectivity index is 1.33. The number of fused-ring (bicyclic) bond motifs is 2. The van der Waals surface area contributed by atoms with Gasteiger partial charge in [0.25, 0.3) is 0 Å². The second-order valence-electron chi connectivity index (χ2n) is 9.05. The molecule has 2 heterocycles. The first-order valence-electron chi connectivity index (χ1n) is 11.9. The maximum Gasteiger partial charge on any atom is 0.0991 e. The van der Waals surface area contributed by atoms with Gasteiger partial charge in [-0.2, -0.15) is 10.5 Å². The summed E-state index contributed by atoms with van der Waals surface area (Å²) in [5.74, 6) is 0. The van der Waals surface area contributed by atoms with Crippen molar-refractivity contribution in [1.82, 2.24) is 9.13 Å². The van der Waals surface area contributed by atoms with Gasteiger partial charge in [0.05, 0.1) is 23.3 Å². The maximum atomic E-state index is 9.06. The topological polar surface area (TPSA) is 57.4 Å². The van der Waals surface area contributed by atoms with Crippen LogP contribution in [0.5, 0.6) is 0 Å². The zero-order chi connectivity index (χ0) is 24.5. The van der Waals surface area contributed by atoms with Gasteiger partial charge in [0, 0.05) is 36.5 Å². The minimum atomic E-state index is 0.678. The summed E-state index contributed by atoms with van der Waals surface area (Å²) in [5.41, 5.74) is 8.41. The lowest BCUT2D eigenvalue weighted by Crippen LogP contribution is -1.98. The average Bonchev–Trinajstić information content (AvgIpc) is 3.52. The number of nitrogens with zero attached hydrogens (tertiary/aromatic N) is 4. The average molecular weight is 463 g/mol. The van der Waals surface area contributed by atoms with Gasteiger partial charge in [0.2, 0.25) is 0 Å². The predicted molar refractivity (Wildman–Crippen MR) is 143 cm³/mol. The van der Waals surface area contributed by atoms with Crippen molar-refractivity contribution >= 4 is 21.8 Å². The summed E-state index contributed by atoms with van der Waals surface area (Å²) in [6, 6.07) is 37.5. The highest BCUT2D eigenvalue weighted by Gasteiger charge is 2.08. The van der Waals surface area contributed by atoms with Gasteiger partial charge in [-0.15, -0.1) is 0 Å². The molecule has 0 bridgehead atoms. The van der Waals surface area contributed by atoms with Crippen molar-refractivity contribution in [2.75, 3.05) is 0 Å². The van der Waals surface area contributed by atoms with E-state index in [0.29, 0.717) is 11.1 Å². The van der Waals surface area contributed by atoms with Crippen LogP contribution in [-0.4, -0.2) is 9.13 Å². The molecular weight excluding hydrogens is 440 g/mol. The Hall–Kier alpha value is -5.06. The third-order valence-corrected chi connectivity index (χ3v) is 6.75. The number of hydrogen-bond donors (Lipinski definition) is 0. The summed E-state index contributed by atoms with van der Waals surface area (Å²) in [7, 11) is 0. The first kappa shape index (κ1) is 21.5. The van der Waals surface area contributed by atoms with Gasteiger partial charge in [-0.25, -0.2) is 0 Å². The fourth-order valence-electron chi connectivity index (χ4n) is 4.77. The van der Waals surface area contributed by atoms with Crippen LogP contribution < -0.4 is 0 Å². The molecule has 4 heteroatoms. The molecule has 0 atom stereocenters. The molecule has 0 saturated carbocycles. The van der Waals surface area contributed by atoms with Crippen LogP contribution in [0.15, 0.2) is 109 Å². The molecule has 0 aliphatic carbocycles.